The SMILES string of the molecule is CCCCOc1ccc2cccc([NH])c2c1. The second-order valence-electron chi connectivity index (χ2n) is 3.89. The van der Waals surface area contributed by atoms with Crippen LogP contribution < -0.4 is 10.5 Å². The number of benzene rings is 2. The predicted octanol–water partition coefficient (Wildman–Crippen LogP) is 3.93. The van der Waals surface area contributed by atoms with Gasteiger partial charge in [-0.1, -0.05) is 31.5 Å². The van der Waals surface area contributed by atoms with Crippen molar-refractivity contribution in [2.75, 3.05) is 6.61 Å². The fraction of sp³-hybridized carbons (Fsp3) is 0.286. The third-order valence-electron chi connectivity index (χ3n) is 2.62. The van der Waals surface area contributed by atoms with E-state index in [9.17, 15) is 0 Å². The first-order chi connectivity index (χ1) is 7.81. The van der Waals surface area contributed by atoms with Crippen molar-refractivity contribution in [1.29, 1.82) is 0 Å². The summed E-state index contributed by atoms with van der Waals surface area (Å²) >= 11 is 0. The van der Waals surface area contributed by atoms with E-state index in [-0.39, 0.29) is 0 Å². The third kappa shape index (κ3) is 2.27. The molecule has 1 N–H and O–H groups in total. The maximum atomic E-state index is 7.82. The Morgan fingerprint density at radius 1 is 1.19 bits per heavy atom. The lowest BCUT2D eigenvalue weighted by atomic mass is 10.1. The van der Waals surface area contributed by atoms with Crippen LogP contribution in [-0.2, 0) is 0 Å². The molecule has 0 fully saturated rings. The van der Waals surface area contributed by atoms with Crippen molar-refractivity contribution in [2.45, 2.75) is 19.8 Å². The Morgan fingerprint density at radius 3 is 2.88 bits per heavy atom. The van der Waals surface area contributed by atoms with E-state index in [2.05, 4.69) is 6.92 Å². The molecule has 0 aliphatic rings. The number of nitrogens with one attached hydrogen (secondary N) is 1. The van der Waals surface area contributed by atoms with E-state index in [1.165, 1.54) is 0 Å². The Hall–Kier alpha value is -1.70. The molecule has 2 heteroatoms. The summed E-state index contributed by atoms with van der Waals surface area (Å²) in [6.45, 7) is 2.90. The van der Waals surface area contributed by atoms with Gasteiger partial charge in [-0.3, -0.25) is 0 Å². The Kier molecular flexibility index (Phi) is 3.30. The van der Waals surface area contributed by atoms with Crippen LogP contribution in [0.15, 0.2) is 36.4 Å². The minimum Gasteiger partial charge on any atom is -0.494 e. The van der Waals surface area contributed by atoms with Gasteiger partial charge in [0.2, 0.25) is 0 Å². The van der Waals surface area contributed by atoms with Crippen molar-refractivity contribution in [3.05, 3.63) is 36.4 Å². The quantitative estimate of drug-likeness (QED) is 0.710. The summed E-state index contributed by atoms with van der Waals surface area (Å²) in [5, 5.41) is 2.05. The van der Waals surface area contributed by atoms with Gasteiger partial charge in [0.05, 0.1) is 12.3 Å². The van der Waals surface area contributed by atoms with Gasteiger partial charge in [-0.2, -0.15) is 0 Å². The number of hydrogen-bond acceptors (Lipinski definition) is 1. The molecule has 16 heavy (non-hydrogen) atoms. The van der Waals surface area contributed by atoms with Gasteiger partial charge in [-0.25, -0.2) is 0 Å². The van der Waals surface area contributed by atoms with Crippen LogP contribution in [0.5, 0.6) is 5.75 Å². The van der Waals surface area contributed by atoms with Crippen molar-refractivity contribution in [3.63, 3.8) is 0 Å². The highest BCUT2D eigenvalue weighted by Gasteiger charge is 2.00. The van der Waals surface area contributed by atoms with Crippen LogP contribution in [0.3, 0.4) is 0 Å². The normalized spacial score (nSPS) is 10.6. The van der Waals surface area contributed by atoms with Crippen LogP contribution in [0.25, 0.3) is 10.8 Å². The maximum Gasteiger partial charge on any atom is 0.120 e. The fourth-order valence-corrected chi connectivity index (χ4v) is 1.68. The second kappa shape index (κ2) is 4.88. The van der Waals surface area contributed by atoms with Gasteiger partial charge in [0, 0.05) is 5.39 Å². The van der Waals surface area contributed by atoms with Gasteiger partial charge in [-0.05, 0) is 30.0 Å². The summed E-state index contributed by atoms with van der Waals surface area (Å²) in [4.78, 5) is 0. The summed E-state index contributed by atoms with van der Waals surface area (Å²) in [7, 11) is 0. The molecular formula is C14H16NO. The molecule has 0 aliphatic carbocycles. The van der Waals surface area contributed by atoms with Crippen LogP contribution in [0.2, 0.25) is 0 Å². The third-order valence-corrected chi connectivity index (χ3v) is 2.62. The average Bonchev–Trinajstić information content (AvgIpc) is 2.30. The van der Waals surface area contributed by atoms with Crippen LogP contribution in [0.4, 0.5) is 5.69 Å². The Bertz CT molecular complexity index is 479. The molecule has 0 saturated carbocycles. The highest BCUT2D eigenvalue weighted by molar-refractivity contribution is 5.92. The number of unbranched alkanes of at least 4 members (excludes halogenated alkanes) is 1. The molecule has 0 heterocycles. The van der Waals surface area contributed by atoms with E-state index in [4.69, 9.17) is 10.5 Å². The number of rotatable bonds is 4. The van der Waals surface area contributed by atoms with Gasteiger partial charge in [0.15, 0.2) is 0 Å². The maximum absolute atomic E-state index is 7.82. The second-order valence-corrected chi connectivity index (χ2v) is 3.89. The van der Waals surface area contributed by atoms with Crippen molar-refractivity contribution >= 4 is 16.5 Å². The molecule has 2 nitrogen and oxygen atoms in total. The number of hydrogen-bond donors (Lipinski definition) is 0. The molecule has 0 spiro atoms. The smallest absolute Gasteiger partial charge is 0.120 e. The molecule has 2 aromatic carbocycles. The zero-order chi connectivity index (χ0) is 11.4. The van der Waals surface area contributed by atoms with E-state index >= 15 is 0 Å². The standard InChI is InChI=1S/C14H16NO/c1-2-3-9-16-12-8-7-11-5-4-6-14(15)13(11)10-12/h4-8,10,15H,2-3,9H2,1H3. The van der Waals surface area contributed by atoms with Crippen molar-refractivity contribution in [1.82, 2.24) is 5.73 Å². The van der Waals surface area contributed by atoms with Gasteiger partial charge in [0.1, 0.15) is 5.75 Å². The topological polar surface area (TPSA) is 33.0 Å². The van der Waals surface area contributed by atoms with E-state index in [0.29, 0.717) is 5.69 Å². The van der Waals surface area contributed by atoms with Gasteiger partial charge in [0.25, 0.3) is 0 Å². The Morgan fingerprint density at radius 2 is 2.06 bits per heavy atom. The zero-order valence-electron chi connectivity index (χ0n) is 9.49. The minimum atomic E-state index is 0.554. The van der Waals surface area contributed by atoms with Gasteiger partial charge in [-0.15, -0.1) is 0 Å². The monoisotopic (exact) mass is 214 g/mol. The average molecular weight is 214 g/mol. The summed E-state index contributed by atoms with van der Waals surface area (Å²) in [5.74, 6) is 0.862. The lowest BCUT2D eigenvalue weighted by Gasteiger charge is -2.07. The molecule has 0 aromatic heterocycles. The lowest BCUT2D eigenvalue weighted by molar-refractivity contribution is 0.310. The Balaban J connectivity index is 2.25. The summed E-state index contributed by atoms with van der Waals surface area (Å²) in [5.41, 5.74) is 8.37. The highest BCUT2D eigenvalue weighted by Crippen LogP contribution is 2.26. The molecule has 0 atom stereocenters. The van der Waals surface area contributed by atoms with Crippen LogP contribution in [-0.4, -0.2) is 6.61 Å². The predicted molar refractivity (Wildman–Crippen MR) is 67.1 cm³/mol. The van der Waals surface area contributed by atoms with E-state index in [0.717, 1.165) is 36.0 Å². The van der Waals surface area contributed by atoms with Crippen molar-refractivity contribution in [2.24, 2.45) is 0 Å². The molecule has 83 valence electrons. The summed E-state index contributed by atoms with van der Waals surface area (Å²) < 4.78 is 5.63. The Labute approximate surface area is 96.0 Å². The molecule has 0 bridgehead atoms. The molecule has 2 rings (SSSR count). The molecular weight excluding hydrogens is 198 g/mol. The summed E-state index contributed by atoms with van der Waals surface area (Å²) in [6.07, 6.45) is 2.21. The first kappa shape index (κ1) is 10.8. The molecule has 1 radical (unpaired) electrons. The first-order valence-electron chi connectivity index (χ1n) is 5.68. The van der Waals surface area contributed by atoms with Crippen LogP contribution in [0.1, 0.15) is 19.8 Å². The van der Waals surface area contributed by atoms with E-state index < -0.39 is 0 Å². The van der Waals surface area contributed by atoms with Crippen LogP contribution >= 0.6 is 0 Å². The summed E-state index contributed by atoms with van der Waals surface area (Å²) in [6, 6.07) is 11.7. The molecule has 0 aliphatic heterocycles. The largest absolute Gasteiger partial charge is 0.494 e. The molecule has 0 saturated heterocycles. The highest BCUT2D eigenvalue weighted by atomic mass is 16.5. The van der Waals surface area contributed by atoms with Gasteiger partial charge >= 0.3 is 0 Å². The molecule has 2 aromatic rings. The number of fused-ring (bicyclic) bond motifs is 1. The number of ether oxygens (including phenoxy) is 1. The van der Waals surface area contributed by atoms with Gasteiger partial charge < -0.3 is 10.5 Å². The first-order valence-corrected chi connectivity index (χ1v) is 5.68. The minimum absolute atomic E-state index is 0.554. The van der Waals surface area contributed by atoms with E-state index in [1.807, 2.05) is 30.3 Å². The zero-order valence-corrected chi connectivity index (χ0v) is 9.49. The molecule has 0 amide bonds. The fourth-order valence-electron chi connectivity index (χ4n) is 1.68. The molecule has 0 unspecified atom stereocenters. The lowest BCUT2D eigenvalue weighted by Crippen LogP contribution is -1.96. The van der Waals surface area contributed by atoms with E-state index in [1.54, 1.807) is 6.07 Å². The van der Waals surface area contributed by atoms with Crippen molar-refractivity contribution < 1.29 is 4.74 Å². The van der Waals surface area contributed by atoms with Crippen molar-refractivity contribution in [3.8, 4) is 5.75 Å². The van der Waals surface area contributed by atoms with Crippen LogP contribution in [0, 0.1) is 0 Å².